The number of benzene rings is 3. The molecule has 0 aliphatic carbocycles. The lowest BCUT2D eigenvalue weighted by Gasteiger charge is -2.16. The summed E-state index contributed by atoms with van der Waals surface area (Å²) in [6, 6.07) is 17.0. The number of ether oxygens (including phenoxy) is 1. The van der Waals surface area contributed by atoms with Crippen molar-refractivity contribution in [1.29, 1.82) is 0 Å². The van der Waals surface area contributed by atoms with Crippen LogP contribution in [0.2, 0.25) is 5.02 Å². The molecule has 0 aliphatic heterocycles. The molecule has 0 bridgehead atoms. The fourth-order valence-corrected chi connectivity index (χ4v) is 4.49. The second-order valence-electron chi connectivity index (χ2n) is 7.96. The van der Waals surface area contributed by atoms with Crippen LogP contribution in [0.15, 0.2) is 65.6 Å². The van der Waals surface area contributed by atoms with E-state index in [1.165, 1.54) is 12.1 Å². The highest BCUT2D eigenvalue weighted by atomic mass is 35.5. The molecule has 6 nitrogen and oxygen atoms in total. The Hall–Kier alpha value is -3.03. The average molecular weight is 487 g/mol. The molecule has 0 fully saturated rings. The van der Waals surface area contributed by atoms with Crippen molar-refractivity contribution >= 4 is 33.2 Å². The van der Waals surface area contributed by atoms with Crippen LogP contribution in [0, 0.1) is 20.8 Å². The number of carbonyl (C=O) groups is 1. The van der Waals surface area contributed by atoms with Crippen molar-refractivity contribution in [3.63, 3.8) is 0 Å². The second-order valence-corrected chi connectivity index (χ2v) is 10.1. The molecular weight excluding hydrogens is 460 g/mol. The Morgan fingerprint density at radius 3 is 2.27 bits per heavy atom. The summed E-state index contributed by atoms with van der Waals surface area (Å²) in [5, 5.41) is 3.49. The molecule has 1 amide bonds. The van der Waals surface area contributed by atoms with Gasteiger partial charge in [-0.25, -0.2) is 8.42 Å². The van der Waals surface area contributed by atoms with Crippen LogP contribution in [-0.4, -0.2) is 20.9 Å². The minimum atomic E-state index is -3.76. The number of rotatable bonds is 8. The zero-order valence-corrected chi connectivity index (χ0v) is 20.5. The van der Waals surface area contributed by atoms with Crippen LogP contribution in [0.1, 0.15) is 35.2 Å². The summed E-state index contributed by atoms with van der Waals surface area (Å²) < 4.78 is 33.8. The maximum absolute atomic E-state index is 12.8. The van der Waals surface area contributed by atoms with Crippen LogP contribution in [0.3, 0.4) is 0 Å². The number of halogens is 1. The number of carbonyl (C=O) groups excluding carboxylic acids is 1. The third-order valence-corrected chi connectivity index (χ3v) is 6.95. The molecule has 0 heterocycles. The maximum atomic E-state index is 12.8. The van der Waals surface area contributed by atoms with Crippen LogP contribution in [-0.2, 0) is 14.8 Å². The third kappa shape index (κ3) is 6.49. The molecule has 33 heavy (non-hydrogen) atoms. The molecule has 174 valence electrons. The predicted octanol–water partition coefficient (Wildman–Crippen LogP) is 5.32. The normalized spacial score (nSPS) is 12.2. The molecule has 3 aromatic rings. The van der Waals surface area contributed by atoms with E-state index in [-0.39, 0.29) is 23.5 Å². The molecule has 0 aromatic heterocycles. The lowest BCUT2D eigenvalue weighted by atomic mass is 10.1. The smallest absolute Gasteiger partial charge is 0.261 e. The quantitative estimate of drug-likeness (QED) is 0.451. The van der Waals surface area contributed by atoms with Crippen molar-refractivity contribution in [3.05, 3.63) is 87.9 Å². The number of sulfonamides is 1. The van der Waals surface area contributed by atoms with Crippen molar-refractivity contribution in [2.45, 2.75) is 38.6 Å². The van der Waals surface area contributed by atoms with Gasteiger partial charge < -0.3 is 10.1 Å². The highest BCUT2D eigenvalue weighted by Crippen LogP contribution is 2.24. The summed E-state index contributed by atoms with van der Waals surface area (Å²) >= 11 is 5.90. The van der Waals surface area contributed by atoms with E-state index in [2.05, 4.69) is 10.0 Å². The molecule has 2 N–H and O–H groups in total. The van der Waals surface area contributed by atoms with Gasteiger partial charge in [-0.15, -0.1) is 0 Å². The van der Waals surface area contributed by atoms with Gasteiger partial charge in [0, 0.05) is 10.7 Å². The number of aryl methyl sites for hydroxylation is 3. The highest BCUT2D eigenvalue weighted by Gasteiger charge is 2.17. The van der Waals surface area contributed by atoms with E-state index < -0.39 is 10.0 Å². The molecule has 0 spiro atoms. The Bertz CT molecular complexity index is 1260. The monoisotopic (exact) mass is 486 g/mol. The van der Waals surface area contributed by atoms with Gasteiger partial charge in [0.15, 0.2) is 6.61 Å². The molecule has 0 saturated carbocycles. The van der Waals surface area contributed by atoms with E-state index >= 15 is 0 Å². The highest BCUT2D eigenvalue weighted by molar-refractivity contribution is 7.92. The first-order valence-corrected chi connectivity index (χ1v) is 12.3. The average Bonchev–Trinajstić information content (AvgIpc) is 2.75. The van der Waals surface area contributed by atoms with Crippen LogP contribution < -0.4 is 14.8 Å². The van der Waals surface area contributed by atoms with Gasteiger partial charge >= 0.3 is 0 Å². The van der Waals surface area contributed by atoms with Gasteiger partial charge in [0.05, 0.1) is 10.9 Å². The van der Waals surface area contributed by atoms with E-state index in [0.29, 0.717) is 22.0 Å². The van der Waals surface area contributed by atoms with Gasteiger partial charge in [-0.2, -0.15) is 0 Å². The van der Waals surface area contributed by atoms with Gasteiger partial charge in [-0.3, -0.25) is 9.52 Å². The molecule has 8 heteroatoms. The number of hydrogen-bond donors (Lipinski definition) is 2. The van der Waals surface area contributed by atoms with Gasteiger partial charge in [0.25, 0.3) is 15.9 Å². The number of anilines is 1. The molecule has 0 unspecified atom stereocenters. The topological polar surface area (TPSA) is 84.5 Å². The first kappa shape index (κ1) is 24.6. The SMILES string of the molecule is Cc1ccc(NS(=O)(=O)c2ccc(OCC(=O)N[C@@H](C)c3ccc(Cl)cc3)c(C)c2)cc1C. The Morgan fingerprint density at radius 2 is 1.64 bits per heavy atom. The third-order valence-electron chi connectivity index (χ3n) is 5.32. The standard InChI is InChI=1S/C25H27ClN2O4S/c1-16-5-10-22(13-17(16)2)28-33(30,31)23-11-12-24(18(3)14-23)32-15-25(29)27-19(4)20-6-8-21(26)9-7-20/h5-14,19,28H,15H2,1-4H3,(H,27,29)/t19-/m0/s1. The maximum Gasteiger partial charge on any atom is 0.261 e. The summed E-state index contributed by atoms with van der Waals surface area (Å²) in [7, 11) is -3.76. The lowest BCUT2D eigenvalue weighted by Crippen LogP contribution is -2.31. The molecule has 3 rings (SSSR count). The first-order valence-electron chi connectivity index (χ1n) is 10.4. The predicted molar refractivity (Wildman–Crippen MR) is 131 cm³/mol. The van der Waals surface area contributed by atoms with Gasteiger partial charge in [0.2, 0.25) is 0 Å². The van der Waals surface area contributed by atoms with Gasteiger partial charge in [0.1, 0.15) is 5.75 Å². The van der Waals surface area contributed by atoms with Crippen LogP contribution in [0.25, 0.3) is 0 Å². The van der Waals surface area contributed by atoms with Gasteiger partial charge in [-0.1, -0.05) is 29.8 Å². The molecule has 0 radical (unpaired) electrons. The van der Waals surface area contributed by atoms with Crippen molar-refractivity contribution in [2.75, 3.05) is 11.3 Å². The van der Waals surface area contributed by atoms with E-state index in [4.69, 9.17) is 16.3 Å². The Balaban J connectivity index is 1.62. The zero-order chi connectivity index (χ0) is 24.2. The Labute approximate surface area is 200 Å². The fourth-order valence-electron chi connectivity index (χ4n) is 3.23. The summed E-state index contributed by atoms with van der Waals surface area (Å²) in [5.41, 5.74) is 4.12. The summed E-state index contributed by atoms with van der Waals surface area (Å²) in [6.07, 6.45) is 0. The largest absolute Gasteiger partial charge is 0.484 e. The number of nitrogens with one attached hydrogen (secondary N) is 2. The summed E-state index contributed by atoms with van der Waals surface area (Å²) in [5.74, 6) is 0.152. The van der Waals surface area contributed by atoms with Crippen LogP contribution >= 0.6 is 11.6 Å². The first-order chi connectivity index (χ1) is 15.5. The second kappa shape index (κ2) is 10.3. The van der Waals surface area contributed by atoms with Crippen molar-refractivity contribution < 1.29 is 17.9 Å². The number of hydrogen-bond acceptors (Lipinski definition) is 4. The zero-order valence-electron chi connectivity index (χ0n) is 19.0. The minimum absolute atomic E-state index is 0.117. The number of amides is 1. The fraction of sp³-hybridized carbons (Fsp3) is 0.240. The van der Waals surface area contributed by atoms with E-state index in [9.17, 15) is 13.2 Å². The molecule has 0 saturated heterocycles. The molecule has 3 aromatic carbocycles. The van der Waals surface area contributed by atoms with Gasteiger partial charge in [-0.05, 0) is 92.4 Å². The molecule has 1 atom stereocenters. The van der Waals surface area contributed by atoms with Crippen molar-refractivity contribution in [1.82, 2.24) is 5.32 Å². The van der Waals surface area contributed by atoms with Crippen LogP contribution in [0.4, 0.5) is 5.69 Å². The van der Waals surface area contributed by atoms with E-state index in [0.717, 1.165) is 16.7 Å². The molecular formula is C25H27ClN2O4S. The summed E-state index contributed by atoms with van der Waals surface area (Å²) in [4.78, 5) is 12.4. The Morgan fingerprint density at radius 1 is 0.939 bits per heavy atom. The van der Waals surface area contributed by atoms with Crippen LogP contribution in [0.5, 0.6) is 5.75 Å². The van der Waals surface area contributed by atoms with E-state index in [1.54, 1.807) is 37.3 Å². The van der Waals surface area contributed by atoms with E-state index in [1.807, 2.05) is 39.0 Å². The lowest BCUT2D eigenvalue weighted by molar-refractivity contribution is -0.123. The Kier molecular flexibility index (Phi) is 7.66. The van der Waals surface area contributed by atoms with Crippen molar-refractivity contribution in [2.24, 2.45) is 0 Å². The molecule has 0 aliphatic rings. The minimum Gasteiger partial charge on any atom is -0.484 e. The summed E-state index contributed by atoms with van der Waals surface area (Å²) in [6.45, 7) is 7.31. The van der Waals surface area contributed by atoms with Crippen molar-refractivity contribution in [3.8, 4) is 5.75 Å².